The lowest BCUT2D eigenvalue weighted by Crippen LogP contribution is -2.34. The standard InChI is InChI=1S/C12H8BrNO2S/c13-8-5-6-17-10(8)12(16)7-3-1-2-4-9(7)14-11(12)15/h1-6,16H,(H,14,15). The number of rotatable bonds is 1. The second-order valence-electron chi connectivity index (χ2n) is 3.81. The van der Waals surface area contributed by atoms with E-state index in [2.05, 4.69) is 21.2 Å². The molecule has 0 spiro atoms. The van der Waals surface area contributed by atoms with Gasteiger partial charge in [-0.25, -0.2) is 0 Å². The molecule has 2 N–H and O–H groups in total. The normalized spacial score (nSPS) is 22.4. The first-order valence-electron chi connectivity index (χ1n) is 5.01. The molecule has 0 bridgehead atoms. The molecule has 2 heterocycles. The van der Waals surface area contributed by atoms with E-state index >= 15 is 0 Å². The SMILES string of the molecule is O=C1Nc2ccccc2C1(O)c1sccc1Br. The van der Waals surface area contributed by atoms with Gasteiger partial charge in [0.1, 0.15) is 0 Å². The van der Waals surface area contributed by atoms with Crippen LogP contribution in [0.4, 0.5) is 5.69 Å². The van der Waals surface area contributed by atoms with Crippen molar-refractivity contribution < 1.29 is 9.90 Å². The molecule has 0 fully saturated rings. The minimum atomic E-state index is -1.58. The zero-order valence-electron chi connectivity index (χ0n) is 8.61. The van der Waals surface area contributed by atoms with Gasteiger partial charge in [-0.1, -0.05) is 18.2 Å². The van der Waals surface area contributed by atoms with Crippen molar-refractivity contribution in [2.24, 2.45) is 0 Å². The molecule has 0 radical (unpaired) electrons. The Kier molecular flexibility index (Phi) is 2.36. The highest BCUT2D eigenvalue weighted by molar-refractivity contribution is 9.10. The molecule has 1 aliphatic rings. The lowest BCUT2D eigenvalue weighted by Gasteiger charge is -2.19. The van der Waals surface area contributed by atoms with Crippen molar-refractivity contribution in [1.82, 2.24) is 0 Å². The largest absolute Gasteiger partial charge is 0.371 e. The molecule has 1 amide bonds. The average molecular weight is 310 g/mol. The molecule has 3 nitrogen and oxygen atoms in total. The van der Waals surface area contributed by atoms with Crippen LogP contribution in [-0.4, -0.2) is 11.0 Å². The van der Waals surface area contributed by atoms with Crippen LogP contribution in [0.5, 0.6) is 0 Å². The van der Waals surface area contributed by atoms with Gasteiger partial charge in [-0.3, -0.25) is 4.79 Å². The van der Waals surface area contributed by atoms with E-state index in [4.69, 9.17) is 0 Å². The maximum absolute atomic E-state index is 12.0. The fourth-order valence-corrected chi connectivity index (χ4v) is 3.79. The molecule has 1 aromatic carbocycles. The number of thiophene rings is 1. The van der Waals surface area contributed by atoms with Crippen LogP contribution in [-0.2, 0) is 10.4 Å². The summed E-state index contributed by atoms with van der Waals surface area (Å²) in [7, 11) is 0. The van der Waals surface area contributed by atoms with Gasteiger partial charge in [-0.2, -0.15) is 0 Å². The van der Waals surface area contributed by atoms with Gasteiger partial charge in [0.05, 0.1) is 4.88 Å². The van der Waals surface area contributed by atoms with Crippen molar-refractivity contribution in [3.05, 3.63) is 50.6 Å². The third-order valence-corrected chi connectivity index (χ3v) is 4.79. The molecule has 1 aromatic heterocycles. The molecule has 1 aliphatic heterocycles. The molecular weight excluding hydrogens is 302 g/mol. The summed E-state index contributed by atoms with van der Waals surface area (Å²) in [5.41, 5.74) is -0.308. The van der Waals surface area contributed by atoms with Crippen molar-refractivity contribution in [1.29, 1.82) is 0 Å². The molecule has 17 heavy (non-hydrogen) atoms. The highest BCUT2D eigenvalue weighted by Crippen LogP contribution is 2.45. The summed E-state index contributed by atoms with van der Waals surface area (Å²) in [6.07, 6.45) is 0. The Morgan fingerprint density at radius 3 is 2.76 bits per heavy atom. The molecule has 3 rings (SSSR count). The van der Waals surface area contributed by atoms with E-state index in [1.54, 1.807) is 12.1 Å². The number of para-hydroxylation sites is 1. The molecule has 1 atom stereocenters. The molecule has 0 saturated heterocycles. The van der Waals surface area contributed by atoms with Crippen LogP contribution >= 0.6 is 27.3 Å². The number of hydrogen-bond donors (Lipinski definition) is 2. The maximum atomic E-state index is 12.0. The number of halogens is 1. The van der Waals surface area contributed by atoms with Crippen molar-refractivity contribution in [2.45, 2.75) is 5.60 Å². The predicted octanol–water partition coefficient (Wildman–Crippen LogP) is 2.70. The highest BCUT2D eigenvalue weighted by atomic mass is 79.9. The number of hydrogen-bond acceptors (Lipinski definition) is 3. The summed E-state index contributed by atoms with van der Waals surface area (Å²) >= 11 is 4.72. The van der Waals surface area contributed by atoms with Crippen molar-refractivity contribution in [2.75, 3.05) is 5.32 Å². The highest BCUT2D eigenvalue weighted by Gasteiger charge is 2.48. The van der Waals surface area contributed by atoms with E-state index in [-0.39, 0.29) is 0 Å². The van der Waals surface area contributed by atoms with Gasteiger partial charge in [-0.15, -0.1) is 11.3 Å². The number of aliphatic hydroxyl groups is 1. The number of anilines is 1. The minimum absolute atomic E-state index is 0.401. The fourth-order valence-electron chi connectivity index (χ4n) is 2.02. The summed E-state index contributed by atoms with van der Waals surface area (Å²) in [5.74, 6) is -0.401. The van der Waals surface area contributed by atoms with Gasteiger partial charge in [0, 0.05) is 15.7 Å². The second-order valence-corrected chi connectivity index (χ2v) is 5.58. The Hall–Kier alpha value is -1.17. The van der Waals surface area contributed by atoms with E-state index < -0.39 is 11.5 Å². The van der Waals surface area contributed by atoms with Crippen LogP contribution in [0, 0.1) is 0 Å². The molecule has 5 heteroatoms. The van der Waals surface area contributed by atoms with Gasteiger partial charge < -0.3 is 10.4 Å². The third kappa shape index (κ3) is 1.40. The van der Waals surface area contributed by atoms with Crippen molar-refractivity contribution in [3.63, 3.8) is 0 Å². The number of carbonyl (C=O) groups excluding carboxylic acids is 1. The Labute approximate surface area is 110 Å². The van der Waals surface area contributed by atoms with Crippen LogP contribution in [0.1, 0.15) is 10.4 Å². The number of amides is 1. The lowest BCUT2D eigenvalue weighted by molar-refractivity contribution is -0.129. The molecule has 86 valence electrons. The number of benzene rings is 1. The Bertz CT molecular complexity index is 610. The van der Waals surface area contributed by atoms with Gasteiger partial charge in [0.2, 0.25) is 5.60 Å². The van der Waals surface area contributed by atoms with Gasteiger partial charge in [-0.05, 0) is 33.4 Å². The first-order chi connectivity index (χ1) is 8.14. The molecular formula is C12H8BrNO2S. The first-order valence-corrected chi connectivity index (χ1v) is 6.68. The van der Waals surface area contributed by atoms with Crippen molar-refractivity contribution in [3.8, 4) is 0 Å². The fraction of sp³-hybridized carbons (Fsp3) is 0.0833. The Morgan fingerprint density at radius 1 is 1.29 bits per heavy atom. The predicted molar refractivity (Wildman–Crippen MR) is 70.1 cm³/mol. The lowest BCUT2D eigenvalue weighted by atomic mass is 9.94. The topological polar surface area (TPSA) is 49.3 Å². The average Bonchev–Trinajstić information content (AvgIpc) is 2.84. The summed E-state index contributed by atoms with van der Waals surface area (Å²) < 4.78 is 0.747. The van der Waals surface area contributed by atoms with Crippen molar-refractivity contribution >= 4 is 38.9 Å². The van der Waals surface area contributed by atoms with Crippen LogP contribution in [0.2, 0.25) is 0 Å². The monoisotopic (exact) mass is 309 g/mol. The van der Waals surface area contributed by atoms with Gasteiger partial charge in [0.15, 0.2) is 0 Å². The Balaban J connectivity index is 2.27. The molecule has 0 saturated carbocycles. The van der Waals surface area contributed by atoms with E-state index in [1.807, 2.05) is 23.6 Å². The maximum Gasteiger partial charge on any atom is 0.266 e. The quantitative estimate of drug-likeness (QED) is 0.851. The first kappa shape index (κ1) is 11.0. The van der Waals surface area contributed by atoms with Gasteiger partial charge in [0.25, 0.3) is 5.91 Å². The molecule has 2 aromatic rings. The van der Waals surface area contributed by atoms with Gasteiger partial charge >= 0.3 is 0 Å². The summed E-state index contributed by atoms with van der Waals surface area (Å²) in [6.45, 7) is 0. The minimum Gasteiger partial charge on any atom is -0.371 e. The smallest absolute Gasteiger partial charge is 0.266 e. The van der Waals surface area contributed by atoms with E-state index in [0.29, 0.717) is 16.1 Å². The zero-order valence-corrected chi connectivity index (χ0v) is 11.0. The number of carbonyl (C=O) groups is 1. The summed E-state index contributed by atoms with van der Waals surface area (Å²) in [4.78, 5) is 12.6. The molecule has 1 unspecified atom stereocenters. The molecule has 0 aliphatic carbocycles. The summed E-state index contributed by atoms with van der Waals surface area (Å²) in [5, 5.41) is 15.3. The van der Waals surface area contributed by atoms with E-state index in [9.17, 15) is 9.90 Å². The number of fused-ring (bicyclic) bond motifs is 1. The van der Waals surface area contributed by atoms with Crippen LogP contribution in [0.25, 0.3) is 0 Å². The second kappa shape index (κ2) is 3.66. The summed E-state index contributed by atoms with van der Waals surface area (Å²) in [6, 6.07) is 9.01. The van der Waals surface area contributed by atoms with Crippen LogP contribution in [0.3, 0.4) is 0 Å². The van der Waals surface area contributed by atoms with Crippen LogP contribution < -0.4 is 5.32 Å². The Morgan fingerprint density at radius 2 is 2.06 bits per heavy atom. The third-order valence-electron chi connectivity index (χ3n) is 2.84. The van der Waals surface area contributed by atoms with Crippen LogP contribution in [0.15, 0.2) is 40.2 Å². The zero-order chi connectivity index (χ0) is 12.0. The number of nitrogens with one attached hydrogen (secondary N) is 1. The van der Waals surface area contributed by atoms with E-state index in [1.165, 1.54) is 11.3 Å². The van der Waals surface area contributed by atoms with E-state index in [0.717, 1.165) is 4.47 Å².